The Balaban J connectivity index is 2.27. The molecule has 1 aromatic heterocycles. The second-order valence-electron chi connectivity index (χ2n) is 3.05. The lowest BCUT2D eigenvalue weighted by Crippen LogP contribution is -1.99. The summed E-state index contributed by atoms with van der Waals surface area (Å²) >= 11 is 3.27. The normalized spacial score (nSPS) is 10.1. The first kappa shape index (κ1) is 10.8. The van der Waals surface area contributed by atoms with Gasteiger partial charge >= 0.3 is 0 Å². The van der Waals surface area contributed by atoms with Crippen LogP contribution in [0.4, 0.5) is 21.7 Å². The second-order valence-corrected chi connectivity index (χ2v) is 3.85. The number of nitrogens with two attached hydrogens (primary N) is 1. The quantitative estimate of drug-likeness (QED) is 0.889. The number of rotatable bonds is 2. The molecule has 82 valence electrons. The fourth-order valence-electron chi connectivity index (χ4n) is 1.14. The third kappa shape index (κ3) is 2.27. The van der Waals surface area contributed by atoms with Gasteiger partial charge in [-0.3, -0.25) is 0 Å². The van der Waals surface area contributed by atoms with Gasteiger partial charge in [0.15, 0.2) is 0 Å². The molecule has 0 fully saturated rings. The number of hydrogen-bond acceptors (Lipinski definition) is 4. The summed E-state index contributed by atoms with van der Waals surface area (Å²) in [5.41, 5.74) is 6.32. The standard InChI is InChI=1S/C10H8BrFN4/c11-8-9(13)14-5-15-10(8)16-7-3-1-6(12)2-4-7/h1-5H,(H3,13,14,15,16). The minimum absolute atomic E-state index is 0.285. The van der Waals surface area contributed by atoms with Crippen molar-refractivity contribution in [2.45, 2.75) is 0 Å². The first-order valence-corrected chi connectivity index (χ1v) is 5.24. The number of benzene rings is 1. The van der Waals surface area contributed by atoms with Crippen LogP contribution in [0.15, 0.2) is 35.1 Å². The minimum atomic E-state index is -0.285. The average Bonchev–Trinajstić information content (AvgIpc) is 2.28. The minimum Gasteiger partial charge on any atom is -0.383 e. The number of nitrogens with zero attached hydrogens (tertiary/aromatic N) is 2. The fourth-order valence-corrected chi connectivity index (χ4v) is 1.44. The summed E-state index contributed by atoms with van der Waals surface area (Å²) in [5.74, 6) is 0.602. The van der Waals surface area contributed by atoms with Gasteiger partial charge in [0.1, 0.15) is 28.3 Å². The van der Waals surface area contributed by atoms with Crippen LogP contribution in [0.5, 0.6) is 0 Å². The first-order chi connectivity index (χ1) is 7.66. The lowest BCUT2D eigenvalue weighted by molar-refractivity contribution is 0.628. The highest BCUT2D eigenvalue weighted by Crippen LogP contribution is 2.26. The molecule has 2 aromatic rings. The van der Waals surface area contributed by atoms with Crippen molar-refractivity contribution in [1.29, 1.82) is 0 Å². The zero-order valence-electron chi connectivity index (χ0n) is 8.11. The molecule has 0 unspecified atom stereocenters. The maximum absolute atomic E-state index is 12.7. The van der Waals surface area contributed by atoms with Gasteiger partial charge in [0.25, 0.3) is 0 Å². The van der Waals surface area contributed by atoms with E-state index in [1.54, 1.807) is 12.1 Å². The lowest BCUT2D eigenvalue weighted by atomic mass is 10.3. The van der Waals surface area contributed by atoms with Gasteiger partial charge in [-0.15, -0.1) is 0 Å². The molecule has 1 heterocycles. The van der Waals surface area contributed by atoms with Gasteiger partial charge in [0.2, 0.25) is 0 Å². The van der Waals surface area contributed by atoms with Crippen molar-refractivity contribution in [3.8, 4) is 0 Å². The lowest BCUT2D eigenvalue weighted by Gasteiger charge is -2.07. The van der Waals surface area contributed by atoms with E-state index in [-0.39, 0.29) is 5.82 Å². The Morgan fingerprint density at radius 1 is 1.19 bits per heavy atom. The predicted octanol–water partition coefficient (Wildman–Crippen LogP) is 2.70. The summed E-state index contributed by atoms with van der Waals surface area (Å²) in [6.07, 6.45) is 1.35. The molecule has 1 aromatic carbocycles. The molecular weight excluding hydrogens is 275 g/mol. The Labute approximate surface area is 99.9 Å². The highest BCUT2D eigenvalue weighted by molar-refractivity contribution is 9.10. The summed E-state index contributed by atoms with van der Waals surface area (Å²) < 4.78 is 13.3. The van der Waals surface area contributed by atoms with E-state index in [9.17, 15) is 4.39 Å². The third-order valence-electron chi connectivity index (χ3n) is 1.92. The van der Waals surface area contributed by atoms with Crippen LogP contribution >= 0.6 is 15.9 Å². The van der Waals surface area contributed by atoms with Crippen LogP contribution in [0.1, 0.15) is 0 Å². The highest BCUT2D eigenvalue weighted by Gasteiger charge is 2.05. The van der Waals surface area contributed by atoms with E-state index >= 15 is 0 Å². The smallest absolute Gasteiger partial charge is 0.150 e. The number of aromatic nitrogens is 2. The van der Waals surface area contributed by atoms with E-state index in [1.165, 1.54) is 18.5 Å². The maximum atomic E-state index is 12.7. The Hall–Kier alpha value is -1.69. The predicted molar refractivity (Wildman–Crippen MR) is 63.8 cm³/mol. The largest absolute Gasteiger partial charge is 0.383 e. The van der Waals surface area contributed by atoms with E-state index in [0.717, 1.165) is 5.69 Å². The van der Waals surface area contributed by atoms with Gasteiger partial charge in [-0.25, -0.2) is 14.4 Å². The Kier molecular flexibility index (Phi) is 3.00. The fraction of sp³-hybridized carbons (Fsp3) is 0. The number of nitrogen functional groups attached to an aromatic ring is 1. The van der Waals surface area contributed by atoms with Crippen molar-refractivity contribution in [2.75, 3.05) is 11.1 Å². The zero-order valence-corrected chi connectivity index (χ0v) is 9.70. The van der Waals surface area contributed by atoms with E-state index in [2.05, 4.69) is 31.2 Å². The zero-order chi connectivity index (χ0) is 11.5. The van der Waals surface area contributed by atoms with Crippen LogP contribution in [0.3, 0.4) is 0 Å². The monoisotopic (exact) mass is 282 g/mol. The summed E-state index contributed by atoms with van der Waals surface area (Å²) in [5, 5.41) is 3.00. The number of nitrogens with one attached hydrogen (secondary N) is 1. The third-order valence-corrected chi connectivity index (χ3v) is 2.71. The molecule has 0 saturated heterocycles. The van der Waals surface area contributed by atoms with E-state index in [4.69, 9.17) is 5.73 Å². The van der Waals surface area contributed by atoms with Crippen molar-refractivity contribution in [1.82, 2.24) is 9.97 Å². The summed E-state index contributed by atoms with van der Waals surface area (Å²) in [7, 11) is 0. The van der Waals surface area contributed by atoms with Crippen molar-refractivity contribution >= 4 is 33.3 Å². The molecule has 0 aliphatic rings. The molecule has 0 aliphatic carbocycles. The van der Waals surface area contributed by atoms with Gasteiger partial charge in [0.05, 0.1) is 0 Å². The molecule has 0 radical (unpaired) electrons. The van der Waals surface area contributed by atoms with Crippen LogP contribution < -0.4 is 11.1 Å². The maximum Gasteiger partial charge on any atom is 0.150 e. The SMILES string of the molecule is Nc1ncnc(Nc2ccc(F)cc2)c1Br. The molecule has 0 saturated carbocycles. The van der Waals surface area contributed by atoms with Gasteiger partial charge < -0.3 is 11.1 Å². The molecule has 0 atom stereocenters. The highest BCUT2D eigenvalue weighted by atomic mass is 79.9. The molecule has 0 amide bonds. The van der Waals surface area contributed by atoms with Gasteiger partial charge in [-0.1, -0.05) is 0 Å². The molecular formula is C10H8BrFN4. The number of halogens is 2. The van der Waals surface area contributed by atoms with Gasteiger partial charge in [-0.05, 0) is 40.2 Å². The molecule has 16 heavy (non-hydrogen) atoms. The Morgan fingerprint density at radius 2 is 1.88 bits per heavy atom. The van der Waals surface area contributed by atoms with Crippen LogP contribution in [-0.2, 0) is 0 Å². The Morgan fingerprint density at radius 3 is 2.56 bits per heavy atom. The van der Waals surface area contributed by atoms with Crippen molar-refractivity contribution in [3.05, 3.63) is 40.9 Å². The molecule has 3 N–H and O–H groups in total. The topological polar surface area (TPSA) is 63.8 Å². The molecule has 0 bridgehead atoms. The average molecular weight is 283 g/mol. The summed E-state index contributed by atoms with van der Waals surface area (Å²) in [4.78, 5) is 7.83. The Bertz CT molecular complexity index is 501. The summed E-state index contributed by atoms with van der Waals surface area (Å²) in [6.45, 7) is 0. The van der Waals surface area contributed by atoms with Crippen molar-refractivity contribution in [3.63, 3.8) is 0 Å². The molecule has 4 nitrogen and oxygen atoms in total. The molecule has 6 heteroatoms. The van der Waals surface area contributed by atoms with Crippen LogP contribution in [0.2, 0.25) is 0 Å². The van der Waals surface area contributed by atoms with E-state index < -0.39 is 0 Å². The van der Waals surface area contributed by atoms with Crippen LogP contribution in [0.25, 0.3) is 0 Å². The molecule has 0 spiro atoms. The van der Waals surface area contributed by atoms with Crippen LogP contribution in [0, 0.1) is 5.82 Å². The van der Waals surface area contributed by atoms with Crippen LogP contribution in [-0.4, -0.2) is 9.97 Å². The van der Waals surface area contributed by atoms with E-state index in [1.807, 2.05) is 0 Å². The van der Waals surface area contributed by atoms with Crippen molar-refractivity contribution in [2.24, 2.45) is 0 Å². The second kappa shape index (κ2) is 4.44. The van der Waals surface area contributed by atoms with Gasteiger partial charge in [0, 0.05) is 5.69 Å². The first-order valence-electron chi connectivity index (χ1n) is 4.45. The molecule has 0 aliphatic heterocycles. The molecule has 2 rings (SSSR count). The number of anilines is 3. The summed E-state index contributed by atoms with van der Waals surface area (Å²) in [6, 6.07) is 5.95. The van der Waals surface area contributed by atoms with Gasteiger partial charge in [-0.2, -0.15) is 0 Å². The number of hydrogen-bond donors (Lipinski definition) is 2. The van der Waals surface area contributed by atoms with E-state index in [0.29, 0.717) is 16.1 Å². The van der Waals surface area contributed by atoms with Crippen molar-refractivity contribution < 1.29 is 4.39 Å².